The maximum atomic E-state index is 13.2. The SMILES string of the molecule is CC(c1ccc(Cl)cc1Cl)N(C)C(=O)CN1C(=O)NC(C)(c2ccc(F)cc2)C1=O. The lowest BCUT2D eigenvalue weighted by Crippen LogP contribution is -2.44. The summed E-state index contributed by atoms with van der Waals surface area (Å²) in [5.41, 5.74) is -0.272. The minimum absolute atomic E-state index is 0.411. The van der Waals surface area contributed by atoms with Crippen LogP contribution in [0, 0.1) is 5.82 Å². The fraction of sp³-hybridized carbons (Fsp3) is 0.286. The number of imide groups is 1. The van der Waals surface area contributed by atoms with Crippen molar-refractivity contribution in [3.05, 3.63) is 69.5 Å². The molecule has 1 saturated heterocycles. The van der Waals surface area contributed by atoms with Crippen molar-refractivity contribution >= 4 is 41.0 Å². The molecule has 1 N–H and O–H groups in total. The van der Waals surface area contributed by atoms with Crippen molar-refractivity contribution in [2.45, 2.75) is 25.4 Å². The second kappa shape index (κ2) is 8.24. The molecule has 2 atom stereocenters. The molecule has 9 heteroatoms. The fourth-order valence-electron chi connectivity index (χ4n) is 3.33. The molecule has 0 aromatic heterocycles. The number of carbonyl (C=O) groups is 3. The minimum atomic E-state index is -1.38. The van der Waals surface area contributed by atoms with Crippen molar-refractivity contribution in [2.75, 3.05) is 13.6 Å². The summed E-state index contributed by atoms with van der Waals surface area (Å²) in [6.45, 7) is 2.86. The van der Waals surface area contributed by atoms with Crippen LogP contribution in [0.4, 0.5) is 9.18 Å². The van der Waals surface area contributed by atoms with Gasteiger partial charge in [-0.15, -0.1) is 0 Å². The Bertz CT molecular complexity index is 1020. The van der Waals surface area contributed by atoms with Crippen LogP contribution < -0.4 is 5.32 Å². The van der Waals surface area contributed by atoms with Crippen molar-refractivity contribution in [1.29, 1.82) is 0 Å². The van der Waals surface area contributed by atoms with E-state index in [1.165, 1.54) is 36.1 Å². The van der Waals surface area contributed by atoms with Gasteiger partial charge in [-0.25, -0.2) is 9.18 Å². The van der Waals surface area contributed by atoms with E-state index in [1.54, 1.807) is 32.2 Å². The number of rotatable bonds is 5. The summed E-state index contributed by atoms with van der Waals surface area (Å²) in [6, 6.07) is 9.14. The lowest BCUT2D eigenvalue weighted by Gasteiger charge is -2.28. The Morgan fingerprint density at radius 1 is 1.20 bits per heavy atom. The molecule has 0 aliphatic carbocycles. The fourth-order valence-corrected chi connectivity index (χ4v) is 3.90. The molecule has 2 unspecified atom stereocenters. The third kappa shape index (κ3) is 4.00. The van der Waals surface area contributed by atoms with Crippen molar-refractivity contribution in [3.8, 4) is 0 Å². The summed E-state index contributed by atoms with van der Waals surface area (Å²) in [5, 5.41) is 3.48. The van der Waals surface area contributed by atoms with E-state index in [0.717, 1.165) is 4.90 Å². The van der Waals surface area contributed by atoms with E-state index in [9.17, 15) is 18.8 Å². The molecule has 6 nitrogen and oxygen atoms in total. The molecule has 1 aliphatic rings. The van der Waals surface area contributed by atoms with Crippen LogP contribution in [0.1, 0.15) is 31.0 Å². The van der Waals surface area contributed by atoms with Gasteiger partial charge in [-0.3, -0.25) is 14.5 Å². The van der Waals surface area contributed by atoms with E-state index >= 15 is 0 Å². The van der Waals surface area contributed by atoms with E-state index < -0.39 is 41.8 Å². The molecule has 2 aromatic rings. The molecule has 0 bridgehead atoms. The van der Waals surface area contributed by atoms with E-state index in [1.807, 2.05) is 0 Å². The molecule has 158 valence electrons. The van der Waals surface area contributed by atoms with Crippen LogP contribution in [0.3, 0.4) is 0 Å². The smallest absolute Gasteiger partial charge is 0.325 e. The number of hydrogen-bond acceptors (Lipinski definition) is 3. The molecule has 1 aliphatic heterocycles. The number of hydrogen-bond donors (Lipinski definition) is 1. The highest BCUT2D eigenvalue weighted by molar-refractivity contribution is 6.35. The largest absolute Gasteiger partial charge is 0.337 e. The minimum Gasteiger partial charge on any atom is -0.337 e. The zero-order valence-electron chi connectivity index (χ0n) is 16.6. The Labute approximate surface area is 183 Å². The lowest BCUT2D eigenvalue weighted by molar-refractivity contribution is -0.139. The van der Waals surface area contributed by atoms with Crippen LogP contribution in [0.25, 0.3) is 0 Å². The van der Waals surface area contributed by atoms with Gasteiger partial charge in [0.2, 0.25) is 5.91 Å². The third-order valence-electron chi connectivity index (χ3n) is 5.38. The summed E-state index contributed by atoms with van der Waals surface area (Å²) in [4.78, 5) is 40.5. The lowest BCUT2D eigenvalue weighted by atomic mass is 9.92. The van der Waals surface area contributed by atoms with Gasteiger partial charge in [0.25, 0.3) is 5.91 Å². The van der Waals surface area contributed by atoms with Crippen LogP contribution in [0.2, 0.25) is 10.0 Å². The molecule has 0 saturated carbocycles. The van der Waals surface area contributed by atoms with Gasteiger partial charge in [0.1, 0.15) is 17.9 Å². The Morgan fingerprint density at radius 2 is 1.83 bits per heavy atom. The van der Waals surface area contributed by atoms with Crippen LogP contribution in [0.5, 0.6) is 0 Å². The summed E-state index contributed by atoms with van der Waals surface area (Å²) in [5.74, 6) is -1.49. The molecule has 1 fully saturated rings. The molecular formula is C21H20Cl2FN3O3. The van der Waals surface area contributed by atoms with Gasteiger partial charge in [0, 0.05) is 17.1 Å². The van der Waals surface area contributed by atoms with Gasteiger partial charge < -0.3 is 10.2 Å². The maximum Gasteiger partial charge on any atom is 0.325 e. The molecule has 1 heterocycles. The topological polar surface area (TPSA) is 69.7 Å². The first kappa shape index (κ1) is 22.1. The van der Waals surface area contributed by atoms with Gasteiger partial charge in [-0.05, 0) is 49.2 Å². The zero-order chi connectivity index (χ0) is 22.2. The predicted octanol–water partition coefficient (Wildman–Crippen LogP) is 4.12. The zero-order valence-corrected chi connectivity index (χ0v) is 18.1. The quantitative estimate of drug-likeness (QED) is 0.695. The van der Waals surface area contributed by atoms with Gasteiger partial charge in [-0.2, -0.15) is 0 Å². The number of carbonyl (C=O) groups excluding carboxylic acids is 3. The predicted molar refractivity (Wildman–Crippen MR) is 112 cm³/mol. The molecule has 4 amide bonds. The van der Waals surface area contributed by atoms with Gasteiger partial charge in [0.15, 0.2) is 0 Å². The standard InChI is InChI=1S/C21H20Cl2FN3O3/c1-12(16-9-6-14(22)10-17(16)23)26(3)18(28)11-27-19(29)21(2,25-20(27)30)13-4-7-15(24)8-5-13/h4-10,12H,11H2,1-3H3,(H,25,30). The number of nitrogens with one attached hydrogen (secondary N) is 1. The molecular weight excluding hydrogens is 432 g/mol. The van der Waals surface area contributed by atoms with Crippen molar-refractivity contribution in [2.24, 2.45) is 0 Å². The number of halogens is 3. The van der Waals surface area contributed by atoms with Gasteiger partial charge in [-0.1, -0.05) is 41.4 Å². The Hall–Kier alpha value is -2.64. The number of benzene rings is 2. The maximum absolute atomic E-state index is 13.2. The first-order valence-electron chi connectivity index (χ1n) is 9.15. The highest BCUT2D eigenvalue weighted by atomic mass is 35.5. The van der Waals surface area contributed by atoms with Gasteiger partial charge in [0.05, 0.1) is 6.04 Å². The van der Waals surface area contributed by atoms with E-state index in [0.29, 0.717) is 21.2 Å². The second-order valence-corrected chi connectivity index (χ2v) is 8.14. The normalized spacial score (nSPS) is 19.6. The number of urea groups is 1. The van der Waals surface area contributed by atoms with Crippen molar-refractivity contribution in [1.82, 2.24) is 15.1 Å². The van der Waals surface area contributed by atoms with E-state index in [4.69, 9.17) is 23.2 Å². The second-order valence-electron chi connectivity index (χ2n) is 7.30. The molecule has 0 radical (unpaired) electrons. The molecule has 2 aromatic carbocycles. The average molecular weight is 452 g/mol. The highest BCUT2D eigenvalue weighted by Crippen LogP contribution is 2.31. The first-order chi connectivity index (χ1) is 14.0. The van der Waals surface area contributed by atoms with Gasteiger partial charge >= 0.3 is 6.03 Å². The van der Waals surface area contributed by atoms with Crippen molar-refractivity contribution in [3.63, 3.8) is 0 Å². The monoisotopic (exact) mass is 451 g/mol. The molecule has 3 rings (SSSR count). The molecule has 0 spiro atoms. The number of nitrogens with zero attached hydrogens (tertiary/aromatic N) is 2. The summed E-state index contributed by atoms with van der Waals surface area (Å²) in [7, 11) is 1.57. The number of likely N-dealkylation sites (N-methyl/N-ethyl adjacent to an activating group) is 1. The number of amides is 4. The summed E-state index contributed by atoms with van der Waals surface area (Å²) >= 11 is 12.1. The Balaban J connectivity index is 1.76. The van der Waals surface area contributed by atoms with Crippen LogP contribution >= 0.6 is 23.2 Å². The summed E-state index contributed by atoms with van der Waals surface area (Å²) < 4.78 is 13.2. The molecule has 30 heavy (non-hydrogen) atoms. The van der Waals surface area contributed by atoms with E-state index in [-0.39, 0.29) is 0 Å². The Morgan fingerprint density at radius 3 is 2.43 bits per heavy atom. The van der Waals surface area contributed by atoms with Crippen molar-refractivity contribution < 1.29 is 18.8 Å². The Kier molecular flexibility index (Phi) is 6.06. The van der Waals surface area contributed by atoms with Crippen LogP contribution in [-0.2, 0) is 15.1 Å². The highest BCUT2D eigenvalue weighted by Gasteiger charge is 2.49. The van der Waals surface area contributed by atoms with Crippen LogP contribution in [0.15, 0.2) is 42.5 Å². The third-order valence-corrected chi connectivity index (χ3v) is 5.94. The summed E-state index contributed by atoms with van der Waals surface area (Å²) in [6.07, 6.45) is 0. The van der Waals surface area contributed by atoms with E-state index in [2.05, 4.69) is 5.32 Å². The average Bonchev–Trinajstić information content (AvgIpc) is 2.91. The van der Waals surface area contributed by atoms with Crippen LogP contribution in [-0.4, -0.2) is 41.2 Å². The first-order valence-corrected chi connectivity index (χ1v) is 9.91.